The average Bonchev–Trinajstić information content (AvgIpc) is 2.61. The van der Waals surface area contributed by atoms with Crippen molar-refractivity contribution in [3.05, 3.63) is 23.8 Å². The van der Waals surface area contributed by atoms with Crippen LogP contribution in [0.4, 0.5) is 5.69 Å². The van der Waals surface area contributed by atoms with Gasteiger partial charge >= 0.3 is 0 Å². The number of hydrogen-bond donors (Lipinski definition) is 3. The first-order valence-corrected chi connectivity index (χ1v) is 9.96. The first kappa shape index (κ1) is 25.9. The van der Waals surface area contributed by atoms with Crippen molar-refractivity contribution in [1.29, 1.82) is 0 Å². The highest BCUT2D eigenvalue weighted by atomic mass is 35.5. The Bertz CT molecular complexity index is 698. The van der Waals surface area contributed by atoms with Gasteiger partial charge in [0.15, 0.2) is 0 Å². The lowest BCUT2D eigenvalue weighted by atomic mass is 10.1. The predicted octanol–water partition coefficient (Wildman–Crippen LogP) is 0.744. The van der Waals surface area contributed by atoms with Gasteiger partial charge in [0.2, 0.25) is 10.0 Å². The van der Waals surface area contributed by atoms with Crippen molar-refractivity contribution >= 4 is 46.4 Å². The van der Waals surface area contributed by atoms with E-state index in [1.165, 1.54) is 12.1 Å². The van der Waals surface area contributed by atoms with Crippen LogP contribution < -0.4 is 20.7 Å². The molecular formula is C16H28Cl2N4O4S. The van der Waals surface area contributed by atoms with Crippen LogP contribution in [-0.4, -0.2) is 60.3 Å². The number of rotatable bonds is 8. The predicted molar refractivity (Wildman–Crippen MR) is 111 cm³/mol. The molecule has 1 aromatic rings. The molecule has 0 atom stereocenters. The van der Waals surface area contributed by atoms with E-state index in [0.29, 0.717) is 50.6 Å². The summed E-state index contributed by atoms with van der Waals surface area (Å²) in [6.45, 7) is 6.50. The van der Waals surface area contributed by atoms with Crippen LogP contribution in [0.3, 0.4) is 0 Å². The third-order valence-electron chi connectivity index (χ3n) is 3.91. The Hall–Kier alpha value is -1.10. The maximum absolute atomic E-state index is 12.6. The number of carbonyl (C=O) groups excluding carboxylic acids is 1. The Morgan fingerprint density at radius 3 is 2.44 bits per heavy atom. The molecule has 0 unspecified atom stereocenters. The zero-order valence-corrected chi connectivity index (χ0v) is 17.7. The van der Waals surface area contributed by atoms with Crippen LogP contribution >= 0.6 is 24.8 Å². The number of primary sulfonamides is 1. The average molecular weight is 443 g/mol. The second-order valence-corrected chi connectivity index (χ2v) is 7.39. The lowest BCUT2D eigenvalue weighted by molar-refractivity contribution is 0.0952. The van der Waals surface area contributed by atoms with Crippen LogP contribution in [0.2, 0.25) is 0 Å². The van der Waals surface area contributed by atoms with Crippen molar-refractivity contribution in [3.8, 4) is 0 Å². The van der Waals surface area contributed by atoms with E-state index in [9.17, 15) is 13.2 Å². The lowest BCUT2D eigenvalue weighted by Crippen LogP contribution is -2.38. The number of nitrogens with one attached hydrogen (secondary N) is 2. The molecule has 1 aromatic carbocycles. The summed E-state index contributed by atoms with van der Waals surface area (Å²) >= 11 is 0. The van der Waals surface area contributed by atoms with Gasteiger partial charge in [-0.05, 0) is 31.2 Å². The van der Waals surface area contributed by atoms with Crippen molar-refractivity contribution < 1.29 is 17.9 Å². The maximum atomic E-state index is 12.6. The highest BCUT2D eigenvalue weighted by Gasteiger charge is 2.21. The van der Waals surface area contributed by atoms with Crippen molar-refractivity contribution in [1.82, 2.24) is 10.6 Å². The van der Waals surface area contributed by atoms with Crippen molar-refractivity contribution in [3.63, 3.8) is 0 Å². The molecule has 0 aliphatic carbocycles. The van der Waals surface area contributed by atoms with Gasteiger partial charge < -0.3 is 20.3 Å². The Morgan fingerprint density at radius 2 is 1.85 bits per heavy atom. The van der Waals surface area contributed by atoms with Gasteiger partial charge in [-0.15, -0.1) is 24.8 Å². The maximum Gasteiger partial charge on any atom is 0.253 e. The van der Waals surface area contributed by atoms with Crippen molar-refractivity contribution in [2.45, 2.75) is 18.2 Å². The molecule has 0 saturated carbocycles. The summed E-state index contributed by atoms with van der Waals surface area (Å²) in [6.07, 6.45) is 1.02. The number of anilines is 1. The highest BCUT2D eigenvalue weighted by molar-refractivity contribution is 7.89. The van der Waals surface area contributed by atoms with Crippen molar-refractivity contribution in [2.75, 3.05) is 50.8 Å². The van der Waals surface area contributed by atoms with Gasteiger partial charge in [0.25, 0.3) is 5.91 Å². The van der Waals surface area contributed by atoms with E-state index in [0.717, 1.165) is 13.0 Å². The highest BCUT2D eigenvalue weighted by Crippen LogP contribution is 2.24. The summed E-state index contributed by atoms with van der Waals surface area (Å²) in [5.74, 6) is -0.315. The lowest BCUT2D eigenvalue weighted by Gasteiger charge is -2.30. The standard InChI is InChI=1S/C16H26N4O4S.2ClH/c1-2-5-18-6-7-19-16(21)14-12-13(25(17,22)23)3-4-15(14)20-8-10-24-11-9-20;;/h3-4,12,18H,2,5-11H2,1H3,(H,19,21)(H2,17,22,23);2*1H. The Balaban J connectivity index is 0.00000338. The summed E-state index contributed by atoms with van der Waals surface area (Å²) in [7, 11) is -3.87. The fourth-order valence-corrected chi connectivity index (χ4v) is 3.16. The summed E-state index contributed by atoms with van der Waals surface area (Å²) in [5.41, 5.74) is 0.999. The van der Waals surface area contributed by atoms with Gasteiger partial charge in [-0.3, -0.25) is 4.79 Å². The summed E-state index contributed by atoms with van der Waals surface area (Å²) in [6, 6.07) is 4.41. The number of sulfonamides is 1. The van der Waals surface area contributed by atoms with E-state index >= 15 is 0 Å². The minimum absolute atomic E-state index is 0. The summed E-state index contributed by atoms with van der Waals surface area (Å²) in [5, 5.41) is 11.2. The van der Waals surface area contributed by atoms with E-state index in [1.54, 1.807) is 6.07 Å². The first-order valence-electron chi connectivity index (χ1n) is 8.42. The van der Waals surface area contributed by atoms with Gasteiger partial charge in [-0.1, -0.05) is 6.92 Å². The molecule has 1 aliphatic heterocycles. The van der Waals surface area contributed by atoms with Gasteiger partial charge in [0.05, 0.1) is 23.7 Å². The van der Waals surface area contributed by atoms with E-state index in [-0.39, 0.29) is 35.6 Å². The topological polar surface area (TPSA) is 114 Å². The fourth-order valence-electron chi connectivity index (χ4n) is 2.62. The van der Waals surface area contributed by atoms with Gasteiger partial charge in [0.1, 0.15) is 0 Å². The summed E-state index contributed by atoms with van der Waals surface area (Å²) in [4.78, 5) is 14.5. The van der Waals surface area contributed by atoms with Crippen LogP contribution in [0.5, 0.6) is 0 Å². The van der Waals surface area contributed by atoms with E-state index in [1.807, 2.05) is 4.90 Å². The molecule has 1 fully saturated rings. The molecule has 1 saturated heterocycles. The molecule has 2 rings (SSSR count). The SMILES string of the molecule is CCCNCCNC(=O)c1cc(S(N)(=O)=O)ccc1N1CCOCC1.Cl.Cl. The van der Waals surface area contributed by atoms with E-state index < -0.39 is 10.0 Å². The van der Waals surface area contributed by atoms with Gasteiger partial charge in [-0.2, -0.15) is 0 Å². The first-order chi connectivity index (χ1) is 11.9. The number of carbonyl (C=O) groups is 1. The Morgan fingerprint density at radius 1 is 1.19 bits per heavy atom. The second-order valence-electron chi connectivity index (χ2n) is 5.83. The molecule has 0 spiro atoms. The quantitative estimate of drug-likeness (QED) is 0.511. The molecule has 8 nitrogen and oxygen atoms in total. The molecule has 156 valence electrons. The number of benzene rings is 1. The smallest absolute Gasteiger partial charge is 0.253 e. The third-order valence-corrected chi connectivity index (χ3v) is 4.82. The molecular weight excluding hydrogens is 415 g/mol. The Kier molecular flexibility index (Phi) is 11.9. The second kappa shape index (κ2) is 12.4. The molecule has 0 radical (unpaired) electrons. The number of hydrogen-bond acceptors (Lipinski definition) is 6. The largest absolute Gasteiger partial charge is 0.378 e. The number of nitrogens with zero attached hydrogens (tertiary/aromatic N) is 1. The number of halogens is 2. The minimum Gasteiger partial charge on any atom is -0.378 e. The normalized spacial score (nSPS) is 14.1. The monoisotopic (exact) mass is 442 g/mol. The van der Waals surface area contributed by atoms with Crippen LogP contribution in [-0.2, 0) is 14.8 Å². The van der Waals surface area contributed by atoms with Crippen LogP contribution in [0.15, 0.2) is 23.1 Å². The minimum atomic E-state index is -3.87. The van der Waals surface area contributed by atoms with Crippen LogP contribution in [0.1, 0.15) is 23.7 Å². The van der Waals surface area contributed by atoms with E-state index in [2.05, 4.69) is 17.6 Å². The third kappa shape index (κ3) is 7.81. The van der Waals surface area contributed by atoms with Gasteiger partial charge in [0, 0.05) is 31.9 Å². The molecule has 27 heavy (non-hydrogen) atoms. The van der Waals surface area contributed by atoms with Crippen LogP contribution in [0, 0.1) is 0 Å². The number of nitrogens with two attached hydrogens (primary N) is 1. The number of morpholine rings is 1. The zero-order valence-electron chi connectivity index (χ0n) is 15.3. The fraction of sp³-hybridized carbons (Fsp3) is 0.562. The molecule has 0 aromatic heterocycles. The van der Waals surface area contributed by atoms with E-state index in [4.69, 9.17) is 9.88 Å². The summed E-state index contributed by atoms with van der Waals surface area (Å²) < 4.78 is 28.6. The number of ether oxygens (including phenoxy) is 1. The van der Waals surface area contributed by atoms with Crippen molar-refractivity contribution in [2.24, 2.45) is 5.14 Å². The molecule has 4 N–H and O–H groups in total. The zero-order chi connectivity index (χ0) is 18.3. The molecule has 1 aliphatic rings. The molecule has 1 amide bonds. The Labute approximate surface area is 173 Å². The number of amides is 1. The van der Waals surface area contributed by atoms with Gasteiger partial charge in [-0.25, -0.2) is 13.6 Å². The molecule has 0 bridgehead atoms. The van der Waals surface area contributed by atoms with Crippen LogP contribution in [0.25, 0.3) is 0 Å². The molecule has 11 heteroatoms. The molecule has 1 heterocycles.